The second-order valence-corrected chi connectivity index (χ2v) is 10.3. The van der Waals surface area contributed by atoms with Crippen molar-refractivity contribution < 1.29 is 18.3 Å². The third kappa shape index (κ3) is 4.48. The third-order valence-corrected chi connectivity index (χ3v) is 8.24. The number of carboxylic acids is 1. The second kappa shape index (κ2) is 8.67. The van der Waals surface area contributed by atoms with Gasteiger partial charge in [-0.15, -0.1) is 11.3 Å². The van der Waals surface area contributed by atoms with Crippen LogP contribution in [0.15, 0.2) is 70.9 Å². The van der Waals surface area contributed by atoms with E-state index in [1.165, 1.54) is 23.5 Å². The number of rotatable bonds is 4. The number of sulfonamides is 1. The van der Waals surface area contributed by atoms with E-state index in [2.05, 4.69) is 16.6 Å². The Morgan fingerprint density at radius 3 is 2.47 bits per heavy atom. The van der Waals surface area contributed by atoms with E-state index in [-0.39, 0.29) is 9.77 Å². The monoisotopic (exact) mass is 481 g/mol. The SMILES string of the molecule is Cc1c(S(=O)(=O)Nc2ccccc2C#Cc2ccc(C(=O)O)cc2)sc2ccc(Cl)cc12. The van der Waals surface area contributed by atoms with Crippen molar-refractivity contribution in [3.8, 4) is 11.8 Å². The lowest BCUT2D eigenvalue weighted by atomic mass is 10.1. The Kier molecular flexibility index (Phi) is 5.94. The van der Waals surface area contributed by atoms with Crippen molar-refractivity contribution >= 4 is 54.7 Å². The summed E-state index contributed by atoms with van der Waals surface area (Å²) in [6.45, 7) is 1.76. The average molecular weight is 482 g/mol. The summed E-state index contributed by atoms with van der Waals surface area (Å²) in [6.07, 6.45) is 0. The van der Waals surface area contributed by atoms with Crippen LogP contribution in [0.25, 0.3) is 10.1 Å². The van der Waals surface area contributed by atoms with E-state index in [1.54, 1.807) is 55.5 Å². The summed E-state index contributed by atoms with van der Waals surface area (Å²) >= 11 is 7.25. The molecular weight excluding hydrogens is 466 g/mol. The fraction of sp³-hybridized carbons (Fsp3) is 0.0417. The van der Waals surface area contributed by atoms with Gasteiger partial charge in [0, 0.05) is 20.8 Å². The van der Waals surface area contributed by atoms with E-state index >= 15 is 0 Å². The van der Waals surface area contributed by atoms with Gasteiger partial charge in [0.1, 0.15) is 4.21 Å². The standard InChI is InChI=1S/C24H16ClNO4S2/c1-15-20-14-19(25)12-13-22(20)31-24(15)32(29,30)26-21-5-3-2-4-17(21)9-6-16-7-10-18(11-8-16)23(27)28/h2-5,7-8,10-14,26H,1H3,(H,27,28). The maximum absolute atomic E-state index is 13.2. The number of nitrogens with one attached hydrogen (secondary N) is 1. The Hall–Kier alpha value is -3.31. The van der Waals surface area contributed by atoms with Crippen molar-refractivity contribution in [2.24, 2.45) is 0 Å². The molecule has 0 saturated heterocycles. The second-order valence-electron chi connectivity index (χ2n) is 6.94. The zero-order valence-corrected chi connectivity index (χ0v) is 19.1. The first-order valence-corrected chi connectivity index (χ1v) is 12.1. The molecule has 0 saturated carbocycles. The van der Waals surface area contributed by atoms with Gasteiger partial charge in [-0.05, 0) is 72.5 Å². The highest BCUT2D eigenvalue weighted by atomic mass is 35.5. The van der Waals surface area contributed by atoms with Crippen LogP contribution in [-0.4, -0.2) is 19.5 Å². The topological polar surface area (TPSA) is 83.5 Å². The highest BCUT2D eigenvalue weighted by molar-refractivity contribution is 7.94. The molecule has 0 unspecified atom stereocenters. The maximum Gasteiger partial charge on any atom is 0.335 e. The van der Waals surface area contributed by atoms with E-state index in [4.69, 9.17) is 16.7 Å². The molecule has 8 heteroatoms. The van der Waals surface area contributed by atoms with Gasteiger partial charge >= 0.3 is 5.97 Å². The van der Waals surface area contributed by atoms with Gasteiger partial charge in [-0.25, -0.2) is 13.2 Å². The summed E-state index contributed by atoms with van der Waals surface area (Å²) in [7, 11) is -3.85. The molecule has 0 spiro atoms. The van der Waals surface area contributed by atoms with E-state index in [1.807, 2.05) is 6.07 Å². The molecule has 0 bridgehead atoms. The lowest BCUT2D eigenvalue weighted by Gasteiger charge is -2.09. The molecular formula is C24H16ClNO4S2. The number of hydrogen-bond donors (Lipinski definition) is 2. The van der Waals surface area contributed by atoms with Crippen molar-refractivity contribution in [3.05, 3.63) is 94.0 Å². The zero-order valence-electron chi connectivity index (χ0n) is 16.7. The van der Waals surface area contributed by atoms with Gasteiger partial charge in [0.05, 0.1) is 11.3 Å². The van der Waals surface area contributed by atoms with E-state index < -0.39 is 16.0 Å². The van der Waals surface area contributed by atoms with Crippen LogP contribution in [0.4, 0.5) is 5.69 Å². The van der Waals surface area contributed by atoms with Crippen LogP contribution >= 0.6 is 22.9 Å². The highest BCUT2D eigenvalue weighted by Gasteiger charge is 2.22. The van der Waals surface area contributed by atoms with Crippen molar-refractivity contribution in [1.82, 2.24) is 0 Å². The number of hydrogen-bond acceptors (Lipinski definition) is 4. The van der Waals surface area contributed by atoms with Crippen molar-refractivity contribution in [2.45, 2.75) is 11.1 Å². The predicted octanol–water partition coefficient (Wildman–Crippen LogP) is 5.76. The van der Waals surface area contributed by atoms with Gasteiger partial charge in [0.2, 0.25) is 0 Å². The number of aromatic carboxylic acids is 1. The Labute approximate surface area is 194 Å². The molecule has 160 valence electrons. The zero-order chi connectivity index (χ0) is 22.9. The molecule has 1 aromatic heterocycles. The summed E-state index contributed by atoms with van der Waals surface area (Å²) in [5.74, 6) is 4.89. The largest absolute Gasteiger partial charge is 0.478 e. The van der Waals surface area contributed by atoms with E-state index in [0.29, 0.717) is 27.4 Å². The number of para-hydroxylation sites is 1. The normalized spacial score (nSPS) is 11.1. The quantitative estimate of drug-likeness (QED) is 0.363. The molecule has 0 radical (unpaired) electrons. The molecule has 0 fully saturated rings. The molecule has 0 amide bonds. The average Bonchev–Trinajstić information content (AvgIpc) is 3.10. The molecule has 0 aliphatic carbocycles. The Morgan fingerprint density at radius 2 is 1.75 bits per heavy atom. The van der Waals surface area contributed by atoms with Gasteiger partial charge in [0.25, 0.3) is 10.0 Å². The number of carbonyl (C=O) groups is 1. The van der Waals surface area contributed by atoms with Crippen LogP contribution < -0.4 is 4.72 Å². The highest BCUT2D eigenvalue weighted by Crippen LogP contribution is 2.36. The number of fused-ring (bicyclic) bond motifs is 1. The number of carboxylic acid groups (broad SMARTS) is 1. The Bertz CT molecular complexity index is 1510. The van der Waals surface area contributed by atoms with Crippen LogP contribution in [0, 0.1) is 18.8 Å². The van der Waals surface area contributed by atoms with Gasteiger partial charge in [-0.1, -0.05) is 35.6 Å². The van der Waals surface area contributed by atoms with Crippen LogP contribution in [0.3, 0.4) is 0 Å². The lowest BCUT2D eigenvalue weighted by molar-refractivity contribution is 0.0697. The van der Waals surface area contributed by atoms with E-state index in [0.717, 1.165) is 10.1 Å². The molecule has 0 atom stereocenters. The molecule has 4 aromatic rings. The molecule has 0 aliphatic rings. The molecule has 32 heavy (non-hydrogen) atoms. The minimum Gasteiger partial charge on any atom is -0.478 e. The van der Waals surface area contributed by atoms with E-state index in [9.17, 15) is 13.2 Å². The first-order valence-electron chi connectivity index (χ1n) is 9.40. The molecule has 5 nitrogen and oxygen atoms in total. The summed E-state index contributed by atoms with van der Waals surface area (Å²) in [5.41, 5.74) is 2.29. The molecule has 0 aliphatic heterocycles. The van der Waals surface area contributed by atoms with Crippen LogP contribution in [0.1, 0.15) is 27.0 Å². The first kappa shape index (κ1) is 21.9. The fourth-order valence-electron chi connectivity index (χ4n) is 3.13. The van der Waals surface area contributed by atoms with Crippen LogP contribution in [0.2, 0.25) is 5.02 Å². The smallest absolute Gasteiger partial charge is 0.335 e. The van der Waals surface area contributed by atoms with Crippen LogP contribution in [0.5, 0.6) is 0 Å². The van der Waals surface area contributed by atoms with Gasteiger partial charge in [0.15, 0.2) is 0 Å². The van der Waals surface area contributed by atoms with Crippen molar-refractivity contribution in [3.63, 3.8) is 0 Å². The maximum atomic E-state index is 13.2. The van der Waals surface area contributed by atoms with Crippen molar-refractivity contribution in [1.29, 1.82) is 0 Å². The minimum atomic E-state index is -3.85. The molecule has 2 N–H and O–H groups in total. The Morgan fingerprint density at radius 1 is 1.03 bits per heavy atom. The predicted molar refractivity (Wildman–Crippen MR) is 128 cm³/mol. The molecule has 1 heterocycles. The number of aryl methyl sites for hydroxylation is 1. The summed E-state index contributed by atoms with van der Waals surface area (Å²) in [6, 6.07) is 18.3. The van der Waals surface area contributed by atoms with Gasteiger partial charge in [-0.3, -0.25) is 4.72 Å². The van der Waals surface area contributed by atoms with Crippen molar-refractivity contribution in [2.75, 3.05) is 4.72 Å². The number of anilines is 1. The van der Waals surface area contributed by atoms with Gasteiger partial charge in [-0.2, -0.15) is 0 Å². The molecule has 3 aromatic carbocycles. The van der Waals surface area contributed by atoms with Gasteiger partial charge < -0.3 is 5.11 Å². The first-order chi connectivity index (χ1) is 15.2. The number of thiophene rings is 1. The summed E-state index contributed by atoms with van der Waals surface area (Å²) in [5, 5.41) is 10.3. The number of halogens is 1. The number of benzene rings is 3. The summed E-state index contributed by atoms with van der Waals surface area (Å²) < 4.78 is 30.0. The lowest BCUT2D eigenvalue weighted by Crippen LogP contribution is -2.13. The minimum absolute atomic E-state index is 0.170. The van der Waals surface area contributed by atoms with Crippen LogP contribution in [-0.2, 0) is 10.0 Å². The molecule has 4 rings (SSSR count). The fourth-order valence-corrected chi connectivity index (χ4v) is 6.13. The third-order valence-electron chi connectivity index (χ3n) is 4.74. The summed E-state index contributed by atoms with van der Waals surface area (Å²) in [4.78, 5) is 11.0. The Balaban J connectivity index is 1.66.